The molecule has 142 valence electrons. The van der Waals surface area contributed by atoms with Gasteiger partial charge in [-0.25, -0.2) is 8.42 Å². The number of Topliss-reactive ketones (excluding diaryl/α,β-unsaturated/α-hetero) is 2. The number of hydrogen-bond acceptors (Lipinski definition) is 4. The number of sulfonamides is 1. The molecule has 0 saturated carbocycles. The van der Waals surface area contributed by atoms with Gasteiger partial charge in [-0.05, 0) is 30.3 Å². The van der Waals surface area contributed by atoms with Crippen LogP contribution < -0.4 is 0 Å². The van der Waals surface area contributed by atoms with E-state index >= 15 is 0 Å². The van der Waals surface area contributed by atoms with Crippen LogP contribution in [0, 0.1) is 0 Å². The fraction of sp³-hybridized carbons (Fsp3) is 0.176. The van der Waals surface area contributed by atoms with Crippen LogP contribution in [-0.4, -0.2) is 37.4 Å². The molecule has 1 atom stereocenters. The van der Waals surface area contributed by atoms with Crippen LogP contribution in [0.15, 0.2) is 47.4 Å². The number of benzene rings is 2. The maximum atomic E-state index is 13.0. The van der Waals surface area contributed by atoms with Crippen LogP contribution in [0.5, 0.6) is 0 Å². The highest BCUT2D eigenvalue weighted by molar-refractivity contribution is 7.89. The van der Waals surface area contributed by atoms with Crippen molar-refractivity contribution < 1.29 is 31.2 Å². The lowest BCUT2D eigenvalue weighted by Crippen LogP contribution is -2.51. The second kappa shape index (κ2) is 6.43. The molecule has 0 spiro atoms. The fourth-order valence-electron chi connectivity index (χ4n) is 2.84. The number of hydrogen-bond donors (Lipinski definition) is 0. The van der Waals surface area contributed by atoms with E-state index in [0.29, 0.717) is 10.4 Å². The first kappa shape index (κ1) is 19.5. The van der Waals surface area contributed by atoms with Gasteiger partial charge in [-0.15, -0.1) is 0 Å². The Morgan fingerprint density at radius 1 is 1.15 bits per heavy atom. The fourth-order valence-corrected chi connectivity index (χ4v) is 4.54. The molecule has 1 aliphatic heterocycles. The minimum Gasteiger partial charge on any atom is -0.292 e. The standard InChI is InChI=1S/C17H11ClF3NO4S/c1-22-14(16(24)10-4-2-3-5-13(10)27(22,25)26)15(23)9-6-7-12(18)11(8-9)17(19,20)21/h2-8,14H,1H3. The number of carbonyl (C=O) groups excluding carboxylic acids is 2. The molecule has 2 aromatic carbocycles. The summed E-state index contributed by atoms with van der Waals surface area (Å²) in [5, 5.41) is -0.611. The van der Waals surface area contributed by atoms with Crippen LogP contribution in [0.4, 0.5) is 13.2 Å². The van der Waals surface area contributed by atoms with Crippen molar-refractivity contribution in [2.24, 2.45) is 0 Å². The third-order valence-corrected chi connectivity index (χ3v) is 6.44. The van der Waals surface area contributed by atoms with E-state index in [0.717, 1.165) is 19.2 Å². The average molecular weight is 418 g/mol. The zero-order chi connectivity index (χ0) is 20.1. The molecule has 0 N–H and O–H groups in total. The molecule has 0 amide bonds. The minimum absolute atomic E-state index is 0.182. The van der Waals surface area contributed by atoms with Crippen molar-refractivity contribution in [2.45, 2.75) is 17.1 Å². The number of likely N-dealkylation sites (N-methyl/N-ethyl adjacent to an activating group) is 1. The number of halogens is 4. The average Bonchev–Trinajstić information content (AvgIpc) is 2.60. The van der Waals surface area contributed by atoms with Gasteiger partial charge in [0.2, 0.25) is 10.0 Å². The summed E-state index contributed by atoms with van der Waals surface area (Å²) in [7, 11) is -3.13. The monoisotopic (exact) mass is 417 g/mol. The molecule has 1 unspecified atom stereocenters. The van der Waals surface area contributed by atoms with Gasteiger partial charge in [-0.2, -0.15) is 17.5 Å². The van der Waals surface area contributed by atoms with Gasteiger partial charge >= 0.3 is 6.18 Å². The Labute approximate surface area is 157 Å². The van der Waals surface area contributed by atoms with Crippen LogP contribution in [0.2, 0.25) is 5.02 Å². The molecule has 2 aromatic rings. The maximum absolute atomic E-state index is 13.0. The smallest absolute Gasteiger partial charge is 0.292 e. The summed E-state index contributed by atoms with van der Waals surface area (Å²) in [5.41, 5.74) is -1.89. The quantitative estimate of drug-likeness (QED) is 0.554. The summed E-state index contributed by atoms with van der Waals surface area (Å²) < 4.78 is 64.9. The molecule has 1 heterocycles. The molecule has 10 heteroatoms. The molecule has 0 saturated heterocycles. The van der Waals surface area contributed by atoms with E-state index in [-0.39, 0.29) is 10.5 Å². The first-order chi connectivity index (χ1) is 12.5. The van der Waals surface area contributed by atoms with Crippen molar-refractivity contribution in [3.63, 3.8) is 0 Å². The largest absolute Gasteiger partial charge is 0.417 e. The van der Waals surface area contributed by atoms with Crippen LogP contribution in [0.1, 0.15) is 26.3 Å². The molecule has 27 heavy (non-hydrogen) atoms. The van der Waals surface area contributed by atoms with Crippen LogP contribution in [0.3, 0.4) is 0 Å². The van der Waals surface area contributed by atoms with Gasteiger partial charge in [0, 0.05) is 18.2 Å². The van der Waals surface area contributed by atoms with Gasteiger partial charge < -0.3 is 0 Å². The molecular weight excluding hydrogens is 407 g/mol. The first-order valence-corrected chi connectivity index (χ1v) is 9.30. The molecule has 0 fully saturated rings. The van der Waals surface area contributed by atoms with Gasteiger partial charge in [-0.3, -0.25) is 9.59 Å². The topological polar surface area (TPSA) is 71.5 Å². The molecule has 3 rings (SSSR count). The lowest BCUT2D eigenvalue weighted by Gasteiger charge is -2.31. The number of nitrogens with zero attached hydrogens (tertiary/aromatic N) is 1. The lowest BCUT2D eigenvalue weighted by molar-refractivity contribution is -0.137. The van der Waals surface area contributed by atoms with Crippen LogP contribution in [0.25, 0.3) is 0 Å². The predicted octanol–water partition coefficient (Wildman–Crippen LogP) is 3.43. The summed E-state index contributed by atoms with van der Waals surface area (Å²) >= 11 is 5.54. The lowest BCUT2D eigenvalue weighted by atomic mass is 9.95. The molecule has 0 aromatic heterocycles. The van der Waals surface area contributed by atoms with Crippen molar-refractivity contribution in [3.8, 4) is 0 Å². The van der Waals surface area contributed by atoms with Gasteiger partial charge in [0.15, 0.2) is 17.6 Å². The van der Waals surface area contributed by atoms with Crippen molar-refractivity contribution in [1.82, 2.24) is 4.31 Å². The summed E-state index contributed by atoms with van der Waals surface area (Å²) in [5.74, 6) is -1.88. The Kier molecular flexibility index (Phi) is 4.65. The first-order valence-electron chi connectivity index (χ1n) is 7.48. The minimum atomic E-state index is -4.81. The Hall–Kier alpha value is -2.23. The predicted molar refractivity (Wildman–Crippen MR) is 90.3 cm³/mol. The summed E-state index contributed by atoms with van der Waals surface area (Å²) in [4.78, 5) is 25.2. The van der Waals surface area contributed by atoms with Crippen molar-refractivity contribution in [3.05, 3.63) is 64.2 Å². The number of ketones is 2. The van der Waals surface area contributed by atoms with E-state index in [1.165, 1.54) is 24.3 Å². The van der Waals surface area contributed by atoms with E-state index in [9.17, 15) is 31.2 Å². The number of fused-ring (bicyclic) bond motifs is 1. The number of rotatable bonds is 2. The zero-order valence-corrected chi connectivity index (χ0v) is 15.2. The van der Waals surface area contributed by atoms with Gasteiger partial charge in [0.05, 0.1) is 15.5 Å². The Morgan fingerprint density at radius 2 is 1.78 bits per heavy atom. The molecule has 0 radical (unpaired) electrons. The van der Waals surface area contributed by atoms with Crippen LogP contribution >= 0.6 is 11.6 Å². The second-order valence-electron chi connectivity index (χ2n) is 5.84. The molecule has 1 aliphatic rings. The summed E-state index contributed by atoms with van der Waals surface area (Å²) in [6.45, 7) is 0. The molecule has 0 aliphatic carbocycles. The van der Waals surface area contributed by atoms with Crippen molar-refractivity contribution >= 4 is 33.2 Å². The van der Waals surface area contributed by atoms with E-state index < -0.39 is 50.0 Å². The van der Waals surface area contributed by atoms with Gasteiger partial charge in [0.25, 0.3) is 0 Å². The zero-order valence-electron chi connectivity index (χ0n) is 13.6. The van der Waals surface area contributed by atoms with Gasteiger partial charge in [-0.1, -0.05) is 23.7 Å². The summed E-state index contributed by atoms with van der Waals surface area (Å²) in [6, 6.07) is 5.96. The highest BCUT2D eigenvalue weighted by Crippen LogP contribution is 2.36. The third kappa shape index (κ3) is 3.15. The van der Waals surface area contributed by atoms with Crippen molar-refractivity contribution in [1.29, 1.82) is 0 Å². The van der Waals surface area contributed by atoms with E-state index in [1.54, 1.807) is 0 Å². The Bertz CT molecular complexity index is 1070. The van der Waals surface area contributed by atoms with E-state index in [2.05, 4.69) is 0 Å². The van der Waals surface area contributed by atoms with E-state index in [1.807, 2.05) is 0 Å². The van der Waals surface area contributed by atoms with Gasteiger partial charge in [0.1, 0.15) is 0 Å². The Balaban J connectivity index is 2.12. The second-order valence-corrected chi connectivity index (χ2v) is 8.21. The Morgan fingerprint density at radius 3 is 2.41 bits per heavy atom. The van der Waals surface area contributed by atoms with Crippen molar-refractivity contribution in [2.75, 3.05) is 7.05 Å². The number of alkyl halides is 3. The SMILES string of the molecule is CN1C(C(=O)c2ccc(Cl)c(C(F)(F)F)c2)C(=O)c2ccccc2S1(=O)=O. The third-order valence-electron chi connectivity index (χ3n) is 4.23. The molecule has 5 nitrogen and oxygen atoms in total. The van der Waals surface area contributed by atoms with Crippen LogP contribution in [-0.2, 0) is 16.2 Å². The number of carbonyl (C=O) groups is 2. The normalized spacial score (nSPS) is 19.6. The molecular formula is C17H11ClF3NO4S. The maximum Gasteiger partial charge on any atom is 0.417 e. The molecule has 0 bridgehead atoms. The highest BCUT2D eigenvalue weighted by atomic mass is 35.5. The van der Waals surface area contributed by atoms with E-state index in [4.69, 9.17) is 11.6 Å². The highest BCUT2D eigenvalue weighted by Gasteiger charge is 2.45. The summed E-state index contributed by atoms with van der Waals surface area (Å²) in [6.07, 6.45) is -4.81.